The van der Waals surface area contributed by atoms with Crippen LogP contribution in [0.4, 0.5) is 0 Å². The monoisotopic (exact) mass is 148 g/mol. The number of rotatable bonds is 3. The largest absolute Gasteiger partial charge is 0.398 e. The molecule has 56 valence electrons. The van der Waals surface area contributed by atoms with Crippen molar-refractivity contribution in [3.8, 4) is 0 Å². The van der Waals surface area contributed by atoms with Crippen molar-refractivity contribution in [3.05, 3.63) is 0 Å². The van der Waals surface area contributed by atoms with Gasteiger partial charge in [0, 0.05) is 13.2 Å². The van der Waals surface area contributed by atoms with E-state index in [0.717, 1.165) is 0 Å². The van der Waals surface area contributed by atoms with Gasteiger partial charge >= 0.3 is 8.56 Å². The molecule has 0 aliphatic carbocycles. The fourth-order valence-corrected chi connectivity index (χ4v) is 1.85. The molecule has 0 aromatic heterocycles. The topological polar surface area (TPSA) is 18.5 Å². The molecule has 0 aromatic carbocycles. The summed E-state index contributed by atoms with van der Waals surface area (Å²) in [5.74, 6) is 0. The Morgan fingerprint density at radius 3 is 1.78 bits per heavy atom. The first kappa shape index (κ1) is 9.14. The number of hydrogen-bond acceptors (Lipinski definition) is 2. The van der Waals surface area contributed by atoms with E-state index in [-0.39, 0.29) is 6.10 Å². The van der Waals surface area contributed by atoms with Gasteiger partial charge < -0.3 is 8.85 Å². The Hall–Kier alpha value is 0.137. The molecule has 0 heterocycles. The van der Waals surface area contributed by atoms with Crippen LogP contribution < -0.4 is 0 Å². The van der Waals surface area contributed by atoms with Gasteiger partial charge in [-0.05, 0) is 26.9 Å². The Balaban J connectivity index is 3.58. The lowest BCUT2D eigenvalue weighted by Gasteiger charge is -2.22. The molecule has 0 bridgehead atoms. The predicted octanol–water partition coefficient (Wildman–Crippen LogP) is 1.76. The van der Waals surface area contributed by atoms with Crippen LogP contribution in [0.15, 0.2) is 0 Å². The molecule has 9 heavy (non-hydrogen) atoms. The summed E-state index contributed by atoms with van der Waals surface area (Å²) in [5, 5.41) is 0. The highest BCUT2D eigenvalue weighted by molar-refractivity contribution is 6.64. The van der Waals surface area contributed by atoms with E-state index in [1.165, 1.54) is 0 Å². The molecule has 3 heteroatoms. The van der Waals surface area contributed by atoms with E-state index in [0.29, 0.717) is 0 Å². The number of hydrogen-bond donors (Lipinski definition) is 0. The summed E-state index contributed by atoms with van der Waals surface area (Å²) in [6.45, 7) is 8.11. The molecule has 0 unspecified atom stereocenters. The minimum atomic E-state index is -1.74. The van der Waals surface area contributed by atoms with Crippen LogP contribution in [0.5, 0.6) is 0 Å². The molecule has 2 nitrogen and oxygen atoms in total. The predicted molar refractivity (Wildman–Crippen MR) is 40.7 cm³/mol. The Morgan fingerprint density at radius 2 is 1.67 bits per heavy atom. The third kappa shape index (κ3) is 4.63. The van der Waals surface area contributed by atoms with E-state index in [1.54, 1.807) is 7.11 Å². The lowest BCUT2D eigenvalue weighted by molar-refractivity contribution is 0.163. The van der Waals surface area contributed by atoms with Gasteiger partial charge in [-0.1, -0.05) is 0 Å². The van der Waals surface area contributed by atoms with Crippen LogP contribution in [-0.2, 0) is 8.85 Å². The maximum absolute atomic E-state index is 5.50. The van der Waals surface area contributed by atoms with E-state index in [9.17, 15) is 0 Å². The fourth-order valence-electron chi connectivity index (χ4n) is 0.616. The first-order chi connectivity index (χ1) is 3.98. The van der Waals surface area contributed by atoms with Crippen LogP contribution in [0.3, 0.4) is 0 Å². The molecule has 0 aliphatic rings. The van der Waals surface area contributed by atoms with Crippen LogP contribution in [0, 0.1) is 0 Å². The van der Waals surface area contributed by atoms with E-state index in [1.807, 2.05) is 26.9 Å². The highest BCUT2D eigenvalue weighted by atomic mass is 28.4. The van der Waals surface area contributed by atoms with E-state index >= 15 is 0 Å². The van der Waals surface area contributed by atoms with Crippen molar-refractivity contribution < 1.29 is 8.85 Å². The van der Waals surface area contributed by atoms with Crippen LogP contribution in [-0.4, -0.2) is 21.8 Å². The molecule has 0 aliphatic heterocycles. The van der Waals surface area contributed by atoms with Gasteiger partial charge in [0.1, 0.15) is 0 Å². The van der Waals surface area contributed by atoms with Crippen molar-refractivity contribution in [2.75, 3.05) is 7.11 Å². The van der Waals surface area contributed by atoms with Crippen molar-refractivity contribution >= 4 is 8.56 Å². The van der Waals surface area contributed by atoms with Crippen molar-refractivity contribution in [2.45, 2.75) is 33.0 Å². The third-order valence-corrected chi connectivity index (χ3v) is 3.03. The molecule has 0 atom stereocenters. The van der Waals surface area contributed by atoms with E-state index < -0.39 is 8.56 Å². The van der Waals surface area contributed by atoms with Crippen LogP contribution in [0.2, 0.25) is 13.1 Å². The van der Waals surface area contributed by atoms with Gasteiger partial charge in [-0.3, -0.25) is 0 Å². The Morgan fingerprint density at radius 1 is 1.22 bits per heavy atom. The molecule has 0 radical (unpaired) electrons. The summed E-state index contributed by atoms with van der Waals surface area (Å²) in [6.07, 6.45) is 0.284. The van der Waals surface area contributed by atoms with Gasteiger partial charge in [-0.2, -0.15) is 0 Å². The molecule has 0 saturated heterocycles. The minimum absolute atomic E-state index is 0.284. The molecular weight excluding hydrogens is 132 g/mol. The van der Waals surface area contributed by atoms with Crippen molar-refractivity contribution in [1.82, 2.24) is 0 Å². The molecule has 0 amide bonds. The van der Waals surface area contributed by atoms with Gasteiger partial charge in [-0.25, -0.2) is 0 Å². The summed E-state index contributed by atoms with van der Waals surface area (Å²) >= 11 is 0. The second-order valence-electron chi connectivity index (χ2n) is 2.77. The maximum Gasteiger partial charge on any atom is 0.331 e. The van der Waals surface area contributed by atoms with Crippen LogP contribution >= 0.6 is 0 Å². The van der Waals surface area contributed by atoms with Crippen molar-refractivity contribution in [1.29, 1.82) is 0 Å². The highest BCUT2D eigenvalue weighted by Crippen LogP contribution is 2.06. The average Bonchev–Trinajstić information content (AvgIpc) is 1.63. The normalized spacial score (nSPS) is 12.7. The van der Waals surface area contributed by atoms with Crippen molar-refractivity contribution in [3.63, 3.8) is 0 Å². The molecule has 0 spiro atoms. The third-order valence-electron chi connectivity index (χ3n) is 1.01. The van der Waals surface area contributed by atoms with Gasteiger partial charge in [0.2, 0.25) is 0 Å². The van der Waals surface area contributed by atoms with E-state index in [2.05, 4.69) is 0 Å². The van der Waals surface area contributed by atoms with Gasteiger partial charge in [0.05, 0.1) is 0 Å². The smallest absolute Gasteiger partial charge is 0.331 e. The second kappa shape index (κ2) is 3.34. The standard InChI is InChI=1S/C6H16O2Si/c1-6(2)8-9(4,5)7-3/h6H,1-5H3. The molecule has 0 aromatic rings. The quantitative estimate of drug-likeness (QED) is 0.568. The van der Waals surface area contributed by atoms with Crippen LogP contribution in [0.25, 0.3) is 0 Å². The van der Waals surface area contributed by atoms with Gasteiger partial charge in [-0.15, -0.1) is 0 Å². The summed E-state index contributed by atoms with van der Waals surface area (Å²) in [5.41, 5.74) is 0. The fraction of sp³-hybridized carbons (Fsp3) is 1.00. The van der Waals surface area contributed by atoms with Gasteiger partial charge in [0.25, 0.3) is 0 Å². The molecule has 0 saturated carbocycles. The van der Waals surface area contributed by atoms with E-state index in [4.69, 9.17) is 8.85 Å². The zero-order valence-electron chi connectivity index (χ0n) is 6.89. The molecular formula is C6H16O2Si. The first-order valence-electron chi connectivity index (χ1n) is 3.21. The summed E-state index contributed by atoms with van der Waals surface area (Å²) in [4.78, 5) is 0. The lowest BCUT2D eigenvalue weighted by Crippen LogP contribution is -2.35. The summed E-state index contributed by atoms with van der Waals surface area (Å²) < 4.78 is 10.7. The molecule has 0 fully saturated rings. The summed E-state index contributed by atoms with van der Waals surface area (Å²) in [7, 11) is -0.0374. The Kier molecular flexibility index (Phi) is 3.39. The molecule has 0 N–H and O–H groups in total. The Labute approximate surface area is 58.4 Å². The zero-order chi connectivity index (χ0) is 7.49. The maximum atomic E-state index is 5.50. The first-order valence-corrected chi connectivity index (χ1v) is 6.02. The zero-order valence-corrected chi connectivity index (χ0v) is 7.89. The summed E-state index contributed by atoms with van der Waals surface area (Å²) in [6, 6.07) is 0. The highest BCUT2D eigenvalue weighted by Gasteiger charge is 2.23. The lowest BCUT2D eigenvalue weighted by atomic mass is 10.5. The van der Waals surface area contributed by atoms with Crippen LogP contribution in [0.1, 0.15) is 13.8 Å². The Bertz CT molecular complexity index is 81.1. The minimum Gasteiger partial charge on any atom is -0.398 e. The van der Waals surface area contributed by atoms with Crippen molar-refractivity contribution in [2.24, 2.45) is 0 Å². The van der Waals surface area contributed by atoms with Gasteiger partial charge in [0.15, 0.2) is 0 Å². The molecule has 0 rings (SSSR count). The average molecular weight is 148 g/mol. The second-order valence-corrected chi connectivity index (χ2v) is 6.21. The SMILES string of the molecule is CO[Si](C)(C)OC(C)C.